The molecule has 1 aromatic carbocycles. The van der Waals surface area contributed by atoms with Gasteiger partial charge in [0.25, 0.3) is 0 Å². The summed E-state index contributed by atoms with van der Waals surface area (Å²) < 4.78 is 1.80. The molecule has 0 aliphatic rings. The summed E-state index contributed by atoms with van der Waals surface area (Å²) in [5.74, 6) is 0.827. The molecule has 3 heterocycles. The second-order valence-corrected chi connectivity index (χ2v) is 6.38. The van der Waals surface area contributed by atoms with E-state index < -0.39 is 0 Å². The summed E-state index contributed by atoms with van der Waals surface area (Å²) >= 11 is 6.18. The van der Waals surface area contributed by atoms with Gasteiger partial charge in [0.05, 0.1) is 11.9 Å². The molecule has 0 spiro atoms. The molecule has 4 aromatic rings. The number of halogens is 1. The summed E-state index contributed by atoms with van der Waals surface area (Å²) in [6.45, 7) is 2.75. The lowest BCUT2D eigenvalue weighted by atomic mass is 10.1. The van der Waals surface area contributed by atoms with Crippen molar-refractivity contribution in [3.63, 3.8) is 0 Å². The van der Waals surface area contributed by atoms with E-state index in [1.165, 1.54) is 0 Å². The zero-order valence-electron chi connectivity index (χ0n) is 14.4. The number of hydrogen-bond donors (Lipinski definition) is 1. The fraction of sp³-hybridized carbons (Fsp3) is 0.150. The SMILES string of the molecule is CCc1cnn2c(NCc3ccc(-c4ccccn4)cc3)cc(Cl)nc12. The zero-order chi connectivity index (χ0) is 17.9. The minimum Gasteiger partial charge on any atom is -0.366 e. The van der Waals surface area contributed by atoms with Gasteiger partial charge < -0.3 is 5.32 Å². The summed E-state index contributed by atoms with van der Waals surface area (Å²) in [5, 5.41) is 8.28. The van der Waals surface area contributed by atoms with Crippen molar-refractivity contribution in [2.75, 3.05) is 5.32 Å². The fourth-order valence-electron chi connectivity index (χ4n) is 2.87. The number of fused-ring (bicyclic) bond motifs is 1. The predicted octanol–water partition coefficient (Wildman–Crippen LogP) is 4.62. The lowest BCUT2D eigenvalue weighted by Gasteiger charge is -2.10. The van der Waals surface area contributed by atoms with Crippen LogP contribution in [0.15, 0.2) is 60.9 Å². The van der Waals surface area contributed by atoms with E-state index in [0.717, 1.165) is 40.3 Å². The van der Waals surface area contributed by atoms with Gasteiger partial charge in [-0.3, -0.25) is 4.98 Å². The van der Waals surface area contributed by atoms with Crippen LogP contribution in [0.1, 0.15) is 18.1 Å². The van der Waals surface area contributed by atoms with E-state index in [-0.39, 0.29) is 0 Å². The van der Waals surface area contributed by atoms with Crippen molar-refractivity contribution in [2.24, 2.45) is 0 Å². The minimum atomic E-state index is 0.459. The molecule has 0 atom stereocenters. The zero-order valence-corrected chi connectivity index (χ0v) is 15.1. The van der Waals surface area contributed by atoms with Gasteiger partial charge in [0.15, 0.2) is 5.65 Å². The van der Waals surface area contributed by atoms with E-state index in [4.69, 9.17) is 11.6 Å². The highest BCUT2D eigenvalue weighted by Gasteiger charge is 2.09. The van der Waals surface area contributed by atoms with Gasteiger partial charge >= 0.3 is 0 Å². The normalized spacial score (nSPS) is 11.0. The lowest BCUT2D eigenvalue weighted by Crippen LogP contribution is -2.06. The van der Waals surface area contributed by atoms with Gasteiger partial charge in [-0.1, -0.05) is 48.9 Å². The van der Waals surface area contributed by atoms with Crippen LogP contribution >= 0.6 is 11.6 Å². The monoisotopic (exact) mass is 363 g/mol. The first-order valence-electron chi connectivity index (χ1n) is 8.52. The maximum atomic E-state index is 6.18. The van der Waals surface area contributed by atoms with E-state index in [1.54, 1.807) is 16.8 Å². The highest BCUT2D eigenvalue weighted by molar-refractivity contribution is 6.29. The van der Waals surface area contributed by atoms with E-state index in [0.29, 0.717) is 11.7 Å². The molecule has 0 unspecified atom stereocenters. The van der Waals surface area contributed by atoms with Gasteiger partial charge in [0.1, 0.15) is 11.0 Å². The van der Waals surface area contributed by atoms with Gasteiger partial charge in [-0.25, -0.2) is 4.98 Å². The first-order chi connectivity index (χ1) is 12.7. The Morgan fingerprint density at radius 2 is 1.96 bits per heavy atom. The molecule has 26 heavy (non-hydrogen) atoms. The molecule has 5 nitrogen and oxygen atoms in total. The van der Waals surface area contributed by atoms with Crippen molar-refractivity contribution < 1.29 is 0 Å². The van der Waals surface area contributed by atoms with Crippen molar-refractivity contribution >= 4 is 23.1 Å². The molecule has 0 fully saturated rings. The minimum absolute atomic E-state index is 0.459. The average Bonchev–Trinajstić information content (AvgIpc) is 3.10. The van der Waals surface area contributed by atoms with Gasteiger partial charge in [-0.15, -0.1) is 0 Å². The number of nitrogens with one attached hydrogen (secondary N) is 1. The molecule has 6 heteroatoms. The first kappa shape index (κ1) is 16.5. The maximum absolute atomic E-state index is 6.18. The van der Waals surface area contributed by atoms with Crippen LogP contribution < -0.4 is 5.32 Å². The second kappa shape index (κ2) is 7.14. The van der Waals surface area contributed by atoms with Crippen LogP contribution in [0.4, 0.5) is 5.82 Å². The second-order valence-electron chi connectivity index (χ2n) is 5.99. The Kier molecular flexibility index (Phi) is 4.54. The van der Waals surface area contributed by atoms with Crippen LogP contribution in [0.25, 0.3) is 16.9 Å². The molecule has 3 aromatic heterocycles. The molecule has 0 radical (unpaired) electrons. The maximum Gasteiger partial charge on any atom is 0.162 e. The summed E-state index contributed by atoms with van der Waals surface area (Å²) in [6.07, 6.45) is 4.51. The number of anilines is 1. The Balaban J connectivity index is 1.54. The number of aryl methyl sites for hydroxylation is 1. The Labute approximate surface area is 156 Å². The van der Waals surface area contributed by atoms with Crippen molar-refractivity contribution in [1.82, 2.24) is 19.6 Å². The number of benzene rings is 1. The van der Waals surface area contributed by atoms with Crippen LogP contribution in [-0.4, -0.2) is 19.6 Å². The quantitative estimate of drug-likeness (QED) is 0.526. The number of nitrogens with zero attached hydrogens (tertiary/aromatic N) is 4. The summed E-state index contributed by atoms with van der Waals surface area (Å²) in [5.41, 5.74) is 5.11. The third kappa shape index (κ3) is 3.26. The third-order valence-corrected chi connectivity index (χ3v) is 4.48. The summed E-state index contributed by atoms with van der Waals surface area (Å²) in [6, 6.07) is 16.1. The number of rotatable bonds is 5. The average molecular weight is 364 g/mol. The van der Waals surface area contributed by atoms with E-state index in [2.05, 4.69) is 51.6 Å². The fourth-order valence-corrected chi connectivity index (χ4v) is 3.06. The van der Waals surface area contributed by atoms with Crippen molar-refractivity contribution in [2.45, 2.75) is 19.9 Å². The van der Waals surface area contributed by atoms with Crippen molar-refractivity contribution in [3.8, 4) is 11.3 Å². The number of pyridine rings is 1. The van der Waals surface area contributed by atoms with Crippen molar-refractivity contribution in [1.29, 1.82) is 0 Å². The Bertz CT molecular complexity index is 1030. The lowest BCUT2D eigenvalue weighted by molar-refractivity contribution is 0.925. The van der Waals surface area contributed by atoms with Gasteiger partial charge in [0, 0.05) is 29.9 Å². The topological polar surface area (TPSA) is 55.1 Å². The standard InChI is InChI=1S/C20H18ClN5/c1-2-15-13-24-26-19(11-18(21)25-20(15)26)23-12-14-6-8-16(9-7-14)17-5-3-4-10-22-17/h3-11,13,23H,2,12H2,1H3. The molecular weight excluding hydrogens is 346 g/mol. The van der Waals surface area contributed by atoms with Crippen LogP contribution in [0.3, 0.4) is 0 Å². The molecule has 4 rings (SSSR count). The largest absolute Gasteiger partial charge is 0.366 e. The summed E-state index contributed by atoms with van der Waals surface area (Å²) in [7, 11) is 0. The predicted molar refractivity (Wildman–Crippen MR) is 104 cm³/mol. The first-order valence-corrected chi connectivity index (χ1v) is 8.90. The number of aromatic nitrogens is 4. The van der Waals surface area contributed by atoms with Crippen LogP contribution in [0.5, 0.6) is 0 Å². The van der Waals surface area contributed by atoms with Gasteiger partial charge in [-0.2, -0.15) is 9.61 Å². The number of hydrogen-bond acceptors (Lipinski definition) is 4. The molecule has 130 valence electrons. The highest BCUT2D eigenvalue weighted by atomic mass is 35.5. The molecule has 0 saturated carbocycles. The summed E-state index contributed by atoms with van der Waals surface area (Å²) in [4.78, 5) is 8.76. The Morgan fingerprint density at radius 1 is 1.12 bits per heavy atom. The van der Waals surface area contributed by atoms with Gasteiger partial charge in [-0.05, 0) is 24.1 Å². The molecule has 0 bridgehead atoms. The smallest absolute Gasteiger partial charge is 0.162 e. The van der Waals surface area contributed by atoms with Crippen LogP contribution in [0, 0.1) is 0 Å². The molecule has 0 aliphatic heterocycles. The molecule has 0 amide bonds. The molecule has 1 N–H and O–H groups in total. The Hall–Kier alpha value is -2.92. The van der Waals surface area contributed by atoms with E-state index in [9.17, 15) is 0 Å². The van der Waals surface area contributed by atoms with Crippen molar-refractivity contribution in [3.05, 3.63) is 77.2 Å². The van der Waals surface area contributed by atoms with Crippen LogP contribution in [0.2, 0.25) is 5.15 Å². The third-order valence-electron chi connectivity index (χ3n) is 4.28. The molecule has 0 saturated heterocycles. The molecule has 0 aliphatic carbocycles. The van der Waals surface area contributed by atoms with E-state index >= 15 is 0 Å². The van der Waals surface area contributed by atoms with Crippen LogP contribution in [-0.2, 0) is 13.0 Å². The molecular formula is C20H18ClN5. The highest BCUT2D eigenvalue weighted by Crippen LogP contribution is 2.21. The Morgan fingerprint density at radius 3 is 2.69 bits per heavy atom. The van der Waals surface area contributed by atoms with E-state index in [1.807, 2.05) is 24.4 Å². The van der Waals surface area contributed by atoms with Gasteiger partial charge in [0.2, 0.25) is 0 Å².